The molecule has 0 aliphatic carbocycles. The van der Waals surface area contributed by atoms with Crippen LogP contribution in [0.3, 0.4) is 0 Å². The first kappa shape index (κ1) is 19.5. The van der Waals surface area contributed by atoms with Crippen molar-refractivity contribution in [3.05, 3.63) is 18.6 Å². The van der Waals surface area contributed by atoms with Crippen LogP contribution in [-0.2, 0) is 9.53 Å². The Hall–Kier alpha value is -2.27. The van der Waals surface area contributed by atoms with Crippen LogP contribution < -0.4 is 16.8 Å². The number of aromatic nitrogens is 3. The molecule has 0 spiro atoms. The molecule has 0 saturated carbocycles. The minimum Gasteiger partial charge on any atom is -0.397 e. The number of rotatable bonds is 7. The van der Waals surface area contributed by atoms with Gasteiger partial charge < -0.3 is 31.7 Å². The van der Waals surface area contributed by atoms with Gasteiger partial charge in [0, 0.05) is 6.20 Å². The third-order valence-electron chi connectivity index (χ3n) is 4.83. The molecule has 148 valence electrons. The number of hydrogen-bond acceptors (Lipinski definition) is 8. The zero-order valence-corrected chi connectivity index (χ0v) is 15.2. The molecule has 1 saturated heterocycles. The van der Waals surface area contributed by atoms with Gasteiger partial charge in [0.1, 0.15) is 23.8 Å². The van der Waals surface area contributed by atoms with Gasteiger partial charge >= 0.3 is 0 Å². The highest BCUT2D eigenvalue weighted by Gasteiger charge is 2.46. The molecule has 0 bridgehead atoms. The molecule has 27 heavy (non-hydrogen) atoms. The molecule has 7 N–H and O–H groups in total. The Bertz CT molecular complexity index is 797. The van der Waals surface area contributed by atoms with Crippen LogP contribution in [0.15, 0.2) is 18.6 Å². The van der Waals surface area contributed by atoms with Crippen LogP contribution in [0.25, 0.3) is 11.2 Å². The van der Waals surface area contributed by atoms with Gasteiger partial charge in [-0.05, 0) is 12.5 Å². The van der Waals surface area contributed by atoms with Crippen LogP contribution in [0.1, 0.15) is 32.4 Å². The second-order valence-corrected chi connectivity index (χ2v) is 6.75. The summed E-state index contributed by atoms with van der Waals surface area (Å²) >= 11 is 0. The summed E-state index contributed by atoms with van der Waals surface area (Å²) in [6.45, 7) is 1.62. The fourth-order valence-electron chi connectivity index (χ4n) is 3.26. The van der Waals surface area contributed by atoms with E-state index in [1.807, 2.05) is 6.92 Å². The number of hydrogen-bond donors (Lipinski definition) is 5. The Balaban J connectivity index is 1.87. The number of nitrogens with two attached hydrogens (primary N) is 2. The molecule has 1 fully saturated rings. The molecule has 5 atom stereocenters. The highest BCUT2D eigenvalue weighted by atomic mass is 16.5. The molecular weight excluding hydrogens is 352 g/mol. The minimum absolute atomic E-state index is 0.378. The predicted molar refractivity (Wildman–Crippen MR) is 98.4 cm³/mol. The average molecular weight is 378 g/mol. The third-order valence-corrected chi connectivity index (χ3v) is 4.83. The van der Waals surface area contributed by atoms with Gasteiger partial charge in [0.15, 0.2) is 11.9 Å². The first-order valence-electron chi connectivity index (χ1n) is 9.05. The zero-order valence-electron chi connectivity index (χ0n) is 15.2. The largest absolute Gasteiger partial charge is 0.397 e. The number of aliphatic hydroxyl groups excluding tert-OH is 2. The van der Waals surface area contributed by atoms with Crippen molar-refractivity contribution in [3.8, 4) is 0 Å². The van der Waals surface area contributed by atoms with Gasteiger partial charge in [0.2, 0.25) is 5.91 Å². The van der Waals surface area contributed by atoms with Gasteiger partial charge in [-0.25, -0.2) is 9.97 Å². The van der Waals surface area contributed by atoms with Gasteiger partial charge in [-0.1, -0.05) is 19.8 Å². The molecule has 1 aliphatic heterocycles. The fourth-order valence-corrected chi connectivity index (χ4v) is 3.26. The van der Waals surface area contributed by atoms with Crippen molar-refractivity contribution < 1.29 is 19.7 Å². The van der Waals surface area contributed by atoms with E-state index < -0.39 is 37.1 Å². The predicted octanol–water partition coefficient (Wildman–Crippen LogP) is -0.734. The molecule has 0 aromatic carbocycles. The molecule has 3 heterocycles. The molecule has 2 aromatic heterocycles. The third kappa shape index (κ3) is 3.74. The van der Waals surface area contributed by atoms with E-state index in [0.29, 0.717) is 23.3 Å². The normalized spacial score (nSPS) is 26.4. The number of aliphatic hydroxyl groups is 2. The number of anilines is 1. The molecule has 10 heteroatoms. The first-order valence-corrected chi connectivity index (χ1v) is 9.05. The number of carbonyl (C=O) groups excluding carboxylic acids is 1. The van der Waals surface area contributed by atoms with E-state index >= 15 is 0 Å². The van der Waals surface area contributed by atoms with Crippen LogP contribution in [0, 0.1) is 0 Å². The lowest BCUT2D eigenvalue weighted by molar-refractivity contribution is -0.124. The fraction of sp³-hybridized carbons (Fsp3) is 0.588. The smallest absolute Gasteiger partial charge is 0.237 e. The summed E-state index contributed by atoms with van der Waals surface area (Å²) in [6, 6.07) is 0.134. The van der Waals surface area contributed by atoms with Crippen LogP contribution in [0.5, 0.6) is 0 Å². The highest BCUT2D eigenvalue weighted by Crippen LogP contribution is 2.32. The molecule has 1 aliphatic rings. The lowest BCUT2D eigenvalue weighted by Crippen LogP contribution is -2.51. The standard InChI is InChI=1S/C17H26N6O4/c1-2-3-4-10(19)16(26)22-13-14(25)11(7-24)27-17(13)23-8-21-12-9(18)5-6-20-15(12)23/h5-6,8,10-11,13-14,17,24-25H,2-4,7,19H2,1H3,(H2,18,20)(H,22,26)/t10?,11-,13+,14?,17-/m1/s1. The number of unbranched alkanes of at least 4 members (excludes halogenated alkanes) is 1. The molecule has 0 radical (unpaired) electrons. The maximum Gasteiger partial charge on any atom is 0.237 e. The molecule has 3 rings (SSSR count). The maximum absolute atomic E-state index is 12.5. The van der Waals surface area contributed by atoms with Gasteiger partial charge in [0.25, 0.3) is 0 Å². The van der Waals surface area contributed by atoms with Gasteiger partial charge in [0.05, 0.1) is 24.7 Å². The van der Waals surface area contributed by atoms with Crippen LogP contribution in [-0.4, -0.2) is 61.6 Å². The Kier molecular flexibility index (Phi) is 5.90. The van der Waals surface area contributed by atoms with Crippen molar-refractivity contribution >= 4 is 22.8 Å². The number of fused-ring (bicyclic) bond motifs is 1. The van der Waals surface area contributed by atoms with E-state index in [0.717, 1.165) is 12.8 Å². The monoisotopic (exact) mass is 378 g/mol. The number of nitrogens with one attached hydrogen (secondary N) is 1. The summed E-state index contributed by atoms with van der Waals surface area (Å²) in [4.78, 5) is 21.0. The van der Waals surface area contributed by atoms with Crippen molar-refractivity contribution in [2.45, 2.75) is 56.7 Å². The van der Waals surface area contributed by atoms with E-state index in [2.05, 4.69) is 15.3 Å². The first-order chi connectivity index (χ1) is 13.0. The summed E-state index contributed by atoms with van der Waals surface area (Å²) in [5, 5.41) is 22.8. The minimum atomic E-state index is -1.11. The van der Waals surface area contributed by atoms with Crippen LogP contribution in [0.4, 0.5) is 5.69 Å². The van der Waals surface area contributed by atoms with E-state index in [1.54, 1.807) is 16.8 Å². The number of pyridine rings is 1. The number of imidazole rings is 1. The lowest BCUT2D eigenvalue weighted by Gasteiger charge is -2.24. The zero-order chi connectivity index (χ0) is 19.6. The van der Waals surface area contributed by atoms with Crippen molar-refractivity contribution in [1.29, 1.82) is 0 Å². The second-order valence-electron chi connectivity index (χ2n) is 6.75. The summed E-state index contributed by atoms with van der Waals surface area (Å²) in [7, 11) is 0. The Morgan fingerprint density at radius 1 is 1.48 bits per heavy atom. The molecule has 10 nitrogen and oxygen atoms in total. The highest BCUT2D eigenvalue weighted by molar-refractivity contribution is 5.84. The second kappa shape index (κ2) is 8.17. The van der Waals surface area contributed by atoms with Gasteiger partial charge in [-0.3, -0.25) is 9.36 Å². The Labute approximate surface area is 156 Å². The number of nitrogen functional groups attached to an aromatic ring is 1. The molecule has 2 unspecified atom stereocenters. The van der Waals surface area contributed by atoms with Gasteiger partial charge in [-0.2, -0.15) is 0 Å². The van der Waals surface area contributed by atoms with E-state index in [1.165, 1.54) is 6.33 Å². The SMILES string of the molecule is CCCCC(N)C(=O)N[C@H]1C(O)[C@@H](CO)O[C@H]1n1cnc2c(N)ccnc21. The lowest BCUT2D eigenvalue weighted by atomic mass is 10.1. The average Bonchev–Trinajstić information content (AvgIpc) is 3.22. The summed E-state index contributed by atoms with van der Waals surface area (Å²) in [5.41, 5.74) is 13.3. The molecular formula is C17H26N6O4. The van der Waals surface area contributed by atoms with E-state index in [9.17, 15) is 15.0 Å². The topological polar surface area (TPSA) is 162 Å². The number of amides is 1. The van der Waals surface area contributed by atoms with Crippen molar-refractivity contribution in [2.75, 3.05) is 12.3 Å². The quantitative estimate of drug-likeness (QED) is 0.421. The van der Waals surface area contributed by atoms with Crippen molar-refractivity contribution in [1.82, 2.24) is 19.9 Å². The molecule has 1 amide bonds. The van der Waals surface area contributed by atoms with Gasteiger partial charge in [-0.15, -0.1) is 0 Å². The Morgan fingerprint density at radius 2 is 2.26 bits per heavy atom. The number of ether oxygens (including phenoxy) is 1. The number of carbonyl (C=O) groups is 1. The van der Waals surface area contributed by atoms with Crippen molar-refractivity contribution in [3.63, 3.8) is 0 Å². The maximum atomic E-state index is 12.5. The van der Waals surface area contributed by atoms with Crippen LogP contribution in [0.2, 0.25) is 0 Å². The number of nitrogens with zero attached hydrogens (tertiary/aromatic N) is 3. The van der Waals surface area contributed by atoms with E-state index in [4.69, 9.17) is 16.2 Å². The summed E-state index contributed by atoms with van der Waals surface area (Å²) in [5.74, 6) is -0.378. The van der Waals surface area contributed by atoms with Crippen LogP contribution >= 0.6 is 0 Å². The summed E-state index contributed by atoms with van der Waals surface area (Å²) < 4.78 is 7.37. The van der Waals surface area contributed by atoms with Crippen molar-refractivity contribution in [2.24, 2.45) is 5.73 Å². The van der Waals surface area contributed by atoms with E-state index in [-0.39, 0.29) is 5.91 Å². The summed E-state index contributed by atoms with van der Waals surface area (Å²) in [6.07, 6.45) is 2.56. The Morgan fingerprint density at radius 3 is 2.96 bits per heavy atom. The molecule has 2 aromatic rings.